The third-order valence-corrected chi connectivity index (χ3v) is 3.86. The molecular weight excluding hydrogens is 372 g/mol. The van der Waals surface area contributed by atoms with E-state index in [2.05, 4.69) is 10.3 Å². The molecule has 1 N–H and O–H groups in total. The third-order valence-electron chi connectivity index (χ3n) is 3.86. The molecule has 0 fully saturated rings. The van der Waals surface area contributed by atoms with E-state index in [0.717, 1.165) is 0 Å². The van der Waals surface area contributed by atoms with Crippen molar-refractivity contribution in [3.05, 3.63) is 62.4 Å². The Hall–Kier alpha value is -4.02. The van der Waals surface area contributed by atoms with Crippen LogP contribution in [0.25, 0.3) is 11.1 Å². The maximum absolute atomic E-state index is 12.4. The van der Waals surface area contributed by atoms with Crippen molar-refractivity contribution in [3.8, 4) is 0 Å². The van der Waals surface area contributed by atoms with Gasteiger partial charge in [-0.1, -0.05) is 12.1 Å². The summed E-state index contributed by atoms with van der Waals surface area (Å²) in [5.41, 5.74) is -0.970. The van der Waals surface area contributed by atoms with Crippen molar-refractivity contribution in [2.24, 2.45) is 7.05 Å². The number of nitro groups is 1. The van der Waals surface area contributed by atoms with Crippen molar-refractivity contribution >= 4 is 34.4 Å². The molecule has 1 amide bonds. The van der Waals surface area contributed by atoms with Crippen molar-refractivity contribution in [2.75, 3.05) is 11.9 Å². The Morgan fingerprint density at radius 3 is 2.79 bits per heavy atom. The first-order valence-corrected chi connectivity index (χ1v) is 7.94. The summed E-state index contributed by atoms with van der Waals surface area (Å²) < 4.78 is 11.4. The molecule has 0 saturated carbocycles. The number of ether oxygens (including phenoxy) is 1. The van der Waals surface area contributed by atoms with Crippen LogP contribution in [-0.4, -0.2) is 33.0 Å². The molecule has 0 atom stereocenters. The van der Waals surface area contributed by atoms with E-state index in [0.29, 0.717) is 0 Å². The van der Waals surface area contributed by atoms with Gasteiger partial charge in [-0.05, 0) is 13.0 Å². The number of nitrogens with one attached hydrogen (secondary N) is 1. The fourth-order valence-electron chi connectivity index (χ4n) is 2.56. The second-order valence-corrected chi connectivity index (χ2v) is 5.77. The van der Waals surface area contributed by atoms with Crippen LogP contribution in [0.1, 0.15) is 16.1 Å². The number of anilines is 1. The molecular formula is C17H14N4O7. The summed E-state index contributed by atoms with van der Waals surface area (Å²) >= 11 is 0. The number of rotatable bonds is 5. The Kier molecular flexibility index (Phi) is 4.90. The quantitative estimate of drug-likeness (QED) is 0.394. The van der Waals surface area contributed by atoms with Gasteiger partial charge in [-0.3, -0.25) is 19.7 Å². The number of fused-ring (bicyclic) bond motifs is 1. The lowest BCUT2D eigenvalue weighted by Gasteiger charge is -2.07. The van der Waals surface area contributed by atoms with Gasteiger partial charge in [0.05, 0.1) is 4.92 Å². The average molecular weight is 386 g/mol. The number of esters is 1. The molecule has 11 nitrogen and oxygen atoms in total. The molecule has 0 aliphatic rings. The minimum absolute atomic E-state index is 0.0167. The summed E-state index contributed by atoms with van der Waals surface area (Å²) in [5, 5.41) is 13.2. The van der Waals surface area contributed by atoms with Crippen molar-refractivity contribution in [1.29, 1.82) is 0 Å². The van der Waals surface area contributed by atoms with Crippen molar-refractivity contribution < 1.29 is 23.7 Å². The Labute approximate surface area is 156 Å². The molecule has 0 aliphatic carbocycles. The first kappa shape index (κ1) is 18.8. The minimum Gasteiger partial charge on any atom is -0.452 e. The van der Waals surface area contributed by atoms with Gasteiger partial charge in [0, 0.05) is 13.1 Å². The van der Waals surface area contributed by atoms with Gasteiger partial charge in [0.2, 0.25) is 5.71 Å². The molecule has 0 aliphatic heterocycles. The summed E-state index contributed by atoms with van der Waals surface area (Å²) in [7, 11) is 1.46. The van der Waals surface area contributed by atoms with E-state index >= 15 is 0 Å². The van der Waals surface area contributed by atoms with E-state index in [1.807, 2.05) is 0 Å². The predicted octanol–water partition coefficient (Wildman–Crippen LogP) is 1.54. The number of hydrogen-bond donors (Lipinski definition) is 1. The van der Waals surface area contributed by atoms with Crippen LogP contribution in [0.15, 0.2) is 39.8 Å². The summed E-state index contributed by atoms with van der Waals surface area (Å²) in [4.78, 5) is 50.9. The highest BCUT2D eigenvalue weighted by molar-refractivity contribution is 6.04. The van der Waals surface area contributed by atoms with Crippen molar-refractivity contribution in [3.63, 3.8) is 0 Å². The van der Waals surface area contributed by atoms with Gasteiger partial charge in [-0.25, -0.2) is 9.78 Å². The molecule has 0 saturated heterocycles. The van der Waals surface area contributed by atoms with E-state index in [1.165, 1.54) is 49.1 Å². The lowest BCUT2D eigenvalue weighted by Crippen LogP contribution is -2.23. The number of hydrogen-bond acceptors (Lipinski definition) is 8. The number of para-hydroxylation sites is 2. The summed E-state index contributed by atoms with van der Waals surface area (Å²) in [6, 6.07) is 5.54. The molecule has 2 aromatic heterocycles. The van der Waals surface area contributed by atoms with Crippen LogP contribution >= 0.6 is 0 Å². The van der Waals surface area contributed by atoms with Crippen LogP contribution in [0.2, 0.25) is 0 Å². The van der Waals surface area contributed by atoms with Gasteiger partial charge < -0.3 is 19.0 Å². The molecule has 0 unspecified atom stereocenters. The van der Waals surface area contributed by atoms with E-state index in [-0.39, 0.29) is 33.8 Å². The van der Waals surface area contributed by atoms with E-state index in [9.17, 15) is 24.5 Å². The lowest BCUT2D eigenvalue weighted by molar-refractivity contribution is -0.383. The number of furan rings is 1. The minimum atomic E-state index is -0.945. The normalized spacial score (nSPS) is 10.6. The topological polar surface area (TPSA) is 147 Å². The highest BCUT2D eigenvalue weighted by atomic mass is 16.6. The fourth-order valence-corrected chi connectivity index (χ4v) is 2.56. The van der Waals surface area contributed by atoms with Gasteiger partial charge >= 0.3 is 5.97 Å². The molecule has 144 valence electrons. The van der Waals surface area contributed by atoms with Crippen molar-refractivity contribution in [2.45, 2.75) is 6.92 Å². The first-order chi connectivity index (χ1) is 13.3. The van der Waals surface area contributed by atoms with Gasteiger partial charge in [0.25, 0.3) is 17.2 Å². The number of amides is 1. The second-order valence-electron chi connectivity index (χ2n) is 5.77. The molecule has 28 heavy (non-hydrogen) atoms. The predicted molar refractivity (Wildman–Crippen MR) is 96.0 cm³/mol. The number of aromatic nitrogens is 2. The third kappa shape index (κ3) is 3.45. The number of nitrogens with zero attached hydrogens (tertiary/aromatic N) is 3. The van der Waals surface area contributed by atoms with Crippen LogP contribution in [0.5, 0.6) is 0 Å². The highest BCUT2D eigenvalue weighted by Crippen LogP contribution is 2.24. The number of carbonyl (C=O) groups excluding carboxylic acids is 2. The second kappa shape index (κ2) is 7.31. The Bertz CT molecular complexity index is 1160. The smallest absolute Gasteiger partial charge is 0.343 e. The van der Waals surface area contributed by atoms with E-state index < -0.39 is 29.0 Å². The fraction of sp³-hybridized carbons (Fsp3) is 0.176. The van der Waals surface area contributed by atoms with E-state index in [1.54, 1.807) is 0 Å². The molecule has 2 heterocycles. The molecule has 0 spiro atoms. The Balaban J connectivity index is 1.77. The Morgan fingerprint density at radius 2 is 2.07 bits per heavy atom. The standard InChI is InChI=1S/C17H14N4O7/c1-9-13(14-15(28-9)18-8-20(2)16(14)23)17(24)27-7-12(22)19-10-5-3-4-6-11(10)21(25)26/h3-6,8H,7H2,1-2H3,(H,19,22). The zero-order valence-electron chi connectivity index (χ0n) is 14.8. The zero-order chi connectivity index (χ0) is 20.4. The first-order valence-electron chi connectivity index (χ1n) is 7.94. The highest BCUT2D eigenvalue weighted by Gasteiger charge is 2.24. The average Bonchev–Trinajstić information content (AvgIpc) is 3.00. The zero-order valence-corrected chi connectivity index (χ0v) is 14.8. The molecule has 0 bridgehead atoms. The summed E-state index contributed by atoms with van der Waals surface area (Å²) in [6.07, 6.45) is 1.25. The van der Waals surface area contributed by atoms with Gasteiger partial charge in [-0.2, -0.15) is 0 Å². The molecule has 3 rings (SSSR count). The number of aryl methyl sites for hydroxylation is 2. The monoisotopic (exact) mass is 386 g/mol. The molecule has 3 aromatic rings. The largest absolute Gasteiger partial charge is 0.452 e. The summed E-state index contributed by atoms with van der Waals surface area (Å²) in [5.74, 6) is -1.60. The Morgan fingerprint density at radius 1 is 1.36 bits per heavy atom. The number of nitro benzene ring substituents is 1. The maximum Gasteiger partial charge on any atom is 0.343 e. The van der Waals surface area contributed by atoms with Crippen LogP contribution < -0.4 is 10.9 Å². The van der Waals surface area contributed by atoms with Crippen LogP contribution in [0.4, 0.5) is 11.4 Å². The number of carbonyl (C=O) groups is 2. The van der Waals surface area contributed by atoms with Gasteiger partial charge in [-0.15, -0.1) is 0 Å². The lowest BCUT2D eigenvalue weighted by atomic mass is 10.2. The van der Waals surface area contributed by atoms with Crippen molar-refractivity contribution in [1.82, 2.24) is 9.55 Å². The summed E-state index contributed by atoms with van der Waals surface area (Å²) in [6.45, 7) is 0.753. The maximum atomic E-state index is 12.4. The van der Waals surface area contributed by atoms with Crippen LogP contribution in [0.3, 0.4) is 0 Å². The van der Waals surface area contributed by atoms with E-state index in [4.69, 9.17) is 9.15 Å². The molecule has 11 heteroatoms. The SMILES string of the molecule is Cc1oc2ncn(C)c(=O)c2c1C(=O)OCC(=O)Nc1ccccc1[N+](=O)[O-]. The number of benzene rings is 1. The van der Waals surface area contributed by atoms with Gasteiger partial charge in [0.15, 0.2) is 6.61 Å². The molecule has 0 radical (unpaired) electrons. The molecule has 1 aromatic carbocycles. The van der Waals surface area contributed by atoms with Crippen LogP contribution in [-0.2, 0) is 16.6 Å². The van der Waals surface area contributed by atoms with Crippen LogP contribution in [0, 0.1) is 17.0 Å². The van der Waals surface area contributed by atoms with Gasteiger partial charge in [0.1, 0.15) is 28.7 Å².